The third-order valence-corrected chi connectivity index (χ3v) is 4.45. The van der Waals surface area contributed by atoms with Crippen molar-refractivity contribution >= 4 is 23.7 Å². The molecule has 7 heteroatoms. The van der Waals surface area contributed by atoms with Crippen molar-refractivity contribution in [2.75, 3.05) is 11.9 Å². The van der Waals surface area contributed by atoms with Gasteiger partial charge in [-0.2, -0.15) is 13.2 Å². The maximum atomic E-state index is 13.4. The maximum Gasteiger partial charge on any atom is 0.412 e. The van der Waals surface area contributed by atoms with E-state index in [0.717, 1.165) is 18.4 Å². The summed E-state index contributed by atoms with van der Waals surface area (Å²) in [4.78, 5) is 4.18. The van der Waals surface area contributed by atoms with Gasteiger partial charge in [-0.1, -0.05) is 35.9 Å². The van der Waals surface area contributed by atoms with Crippen molar-refractivity contribution in [3.8, 4) is 0 Å². The van der Waals surface area contributed by atoms with Crippen molar-refractivity contribution in [2.45, 2.75) is 31.1 Å². The summed E-state index contributed by atoms with van der Waals surface area (Å²) in [6, 6.07) is 11.0. The van der Waals surface area contributed by atoms with Crippen LogP contribution >= 0.6 is 11.6 Å². The molecule has 0 radical (unpaired) electrons. The molecule has 0 aromatic heterocycles. The number of hydrogen-bond acceptors (Lipinski definition) is 3. The molecule has 1 N–H and O–H groups in total. The summed E-state index contributed by atoms with van der Waals surface area (Å²) >= 11 is 5.77. The minimum Gasteiger partial charge on any atom is -0.481 e. The van der Waals surface area contributed by atoms with Crippen LogP contribution in [0.15, 0.2) is 53.5 Å². The molecule has 2 aromatic rings. The van der Waals surface area contributed by atoms with Gasteiger partial charge in [0.2, 0.25) is 0 Å². The number of rotatable bonds is 6. The Morgan fingerprint density at radius 1 is 1.12 bits per heavy atom. The molecule has 0 bridgehead atoms. The Hall–Kier alpha value is -2.21. The van der Waals surface area contributed by atoms with E-state index in [1.807, 2.05) is 12.1 Å². The van der Waals surface area contributed by atoms with Gasteiger partial charge in [0.05, 0.1) is 6.04 Å². The Labute approximate surface area is 154 Å². The SMILES string of the molecule is FC(F)(F)[C@H](Nc1ccc(CC[C@H]2COC=N2)cc1)c1ccc(Cl)cc1. The first-order chi connectivity index (χ1) is 12.4. The number of halogens is 4. The molecule has 2 aromatic carbocycles. The normalized spacial score (nSPS) is 17.8. The van der Waals surface area contributed by atoms with E-state index in [-0.39, 0.29) is 11.6 Å². The van der Waals surface area contributed by atoms with Crippen LogP contribution < -0.4 is 5.32 Å². The van der Waals surface area contributed by atoms with Crippen LogP contribution in [-0.2, 0) is 11.2 Å². The van der Waals surface area contributed by atoms with Crippen molar-refractivity contribution < 1.29 is 17.9 Å². The predicted molar refractivity (Wildman–Crippen MR) is 96.9 cm³/mol. The van der Waals surface area contributed by atoms with Crippen LogP contribution in [0.1, 0.15) is 23.6 Å². The Bertz CT molecular complexity index is 745. The van der Waals surface area contributed by atoms with Gasteiger partial charge in [-0.15, -0.1) is 0 Å². The van der Waals surface area contributed by atoms with Crippen LogP contribution in [0.3, 0.4) is 0 Å². The summed E-state index contributed by atoms with van der Waals surface area (Å²) < 4.78 is 45.4. The van der Waals surface area contributed by atoms with Crippen molar-refractivity contribution in [1.82, 2.24) is 0 Å². The van der Waals surface area contributed by atoms with E-state index in [1.54, 1.807) is 12.1 Å². The fourth-order valence-corrected chi connectivity index (χ4v) is 2.89. The molecular weight excluding hydrogens is 365 g/mol. The standard InChI is InChI=1S/C19H18ClF3N2O/c20-15-6-4-14(5-7-15)18(19(21,22)23)25-16-8-1-13(2-9-16)3-10-17-11-26-12-24-17/h1-2,4-9,12,17-18,25H,3,10-11H2/t17-,18+/m0/s1. The molecule has 1 aliphatic rings. The highest BCUT2D eigenvalue weighted by molar-refractivity contribution is 6.30. The molecule has 0 aliphatic carbocycles. The molecule has 138 valence electrons. The lowest BCUT2D eigenvalue weighted by Crippen LogP contribution is -2.27. The van der Waals surface area contributed by atoms with E-state index in [1.165, 1.54) is 30.7 Å². The van der Waals surface area contributed by atoms with Gasteiger partial charge in [-0.3, -0.25) is 4.99 Å². The third kappa shape index (κ3) is 4.91. The van der Waals surface area contributed by atoms with Gasteiger partial charge in [-0.25, -0.2) is 0 Å². The topological polar surface area (TPSA) is 33.6 Å². The third-order valence-electron chi connectivity index (χ3n) is 4.20. The number of nitrogens with one attached hydrogen (secondary N) is 1. The molecule has 0 unspecified atom stereocenters. The number of nitrogens with zero attached hydrogens (tertiary/aromatic N) is 1. The number of benzene rings is 2. The number of anilines is 1. The Kier molecular flexibility index (Phi) is 5.71. The largest absolute Gasteiger partial charge is 0.481 e. The monoisotopic (exact) mass is 382 g/mol. The summed E-state index contributed by atoms with van der Waals surface area (Å²) in [5.41, 5.74) is 1.58. The van der Waals surface area contributed by atoms with E-state index >= 15 is 0 Å². The number of alkyl halides is 3. The van der Waals surface area contributed by atoms with Gasteiger partial charge in [-0.05, 0) is 48.2 Å². The van der Waals surface area contributed by atoms with Gasteiger partial charge in [0.25, 0.3) is 0 Å². The Morgan fingerprint density at radius 3 is 2.38 bits per heavy atom. The van der Waals surface area contributed by atoms with Crippen LogP contribution in [0, 0.1) is 0 Å². The highest BCUT2D eigenvalue weighted by atomic mass is 35.5. The molecule has 26 heavy (non-hydrogen) atoms. The number of aliphatic imine (C=N–C) groups is 1. The molecule has 0 fully saturated rings. The van der Waals surface area contributed by atoms with E-state index in [0.29, 0.717) is 17.3 Å². The zero-order valence-electron chi connectivity index (χ0n) is 13.8. The molecule has 0 saturated carbocycles. The van der Waals surface area contributed by atoms with Crippen molar-refractivity contribution in [3.05, 3.63) is 64.7 Å². The van der Waals surface area contributed by atoms with Crippen molar-refractivity contribution in [3.63, 3.8) is 0 Å². The molecule has 1 aliphatic heterocycles. The zero-order chi connectivity index (χ0) is 18.6. The lowest BCUT2D eigenvalue weighted by Gasteiger charge is -2.23. The van der Waals surface area contributed by atoms with Gasteiger partial charge in [0, 0.05) is 10.7 Å². The van der Waals surface area contributed by atoms with E-state index in [2.05, 4.69) is 10.3 Å². The van der Waals surface area contributed by atoms with Gasteiger partial charge in [0.1, 0.15) is 12.6 Å². The van der Waals surface area contributed by atoms with Crippen LogP contribution in [-0.4, -0.2) is 25.2 Å². The van der Waals surface area contributed by atoms with E-state index in [4.69, 9.17) is 16.3 Å². The number of hydrogen-bond donors (Lipinski definition) is 1. The molecule has 0 saturated heterocycles. The second-order valence-corrected chi connectivity index (χ2v) is 6.58. The van der Waals surface area contributed by atoms with E-state index < -0.39 is 12.2 Å². The fraction of sp³-hybridized carbons (Fsp3) is 0.316. The molecule has 0 spiro atoms. The molecule has 0 amide bonds. The highest BCUT2D eigenvalue weighted by Gasteiger charge is 2.40. The molecule has 3 nitrogen and oxygen atoms in total. The maximum absolute atomic E-state index is 13.4. The molecular formula is C19H18ClF3N2O. The minimum atomic E-state index is -4.42. The second-order valence-electron chi connectivity index (χ2n) is 6.15. The first-order valence-electron chi connectivity index (χ1n) is 8.23. The van der Waals surface area contributed by atoms with Crippen LogP contribution in [0.2, 0.25) is 5.02 Å². The summed E-state index contributed by atoms with van der Waals surface area (Å²) in [6.07, 6.45) is -1.32. The summed E-state index contributed by atoms with van der Waals surface area (Å²) in [5.74, 6) is 0. The first kappa shape index (κ1) is 18.6. The quantitative estimate of drug-likeness (QED) is 0.724. The number of aryl methyl sites for hydroxylation is 1. The van der Waals surface area contributed by atoms with Gasteiger partial charge < -0.3 is 10.1 Å². The zero-order valence-corrected chi connectivity index (χ0v) is 14.6. The lowest BCUT2D eigenvalue weighted by atomic mass is 10.0. The summed E-state index contributed by atoms with van der Waals surface area (Å²) in [7, 11) is 0. The first-order valence-corrected chi connectivity index (χ1v) is 8.60. The molecule has 3 rings (SSSR count). The van der Waals surface area contributed by atoms with Crippen molar-refractivity contribution in [2.24, 2.45) is 4.99 Å². The average molecular weight is 383 g/mol. The van der Waals surface area contributed by atoms with E-state index in [9.17, 15) is 13.2 Å². The number of ether oxygens (including phenoxy) is 1. The average Bonchev–Trinajstić information content (AvgIpc) is 3.12. The Morgan fingerprint density at radius 2 is 1.81 bits per heavy atom. The van der Waals surface area contributed by atoms with Crippen molar-refractivity contribution in [1.29, 1.82) is 0 Å². The van der Waals surface area contributed by atoms with Crippen LogP contribution in [0.25, 0.3) is 0 Å². The molecule has 1 heterocycles. The minimum absolute atomic E-state index is 0.116. The fourth-order valence-electron chi connectivity index (χ4n) is 2.76. The van der Waals surface area contributed by atoms with Gasteiger partial charge in [0.15, 0.2) is 6.40 Å². The van der Waals surface area contributed by atoms with Gasteiger partial charge >= 0.3 is 6.18 Å². The second kappa shape index (κ2) is 7.99. The molecule has 2 atom stereocenters. The summed E-state index contributed by atoms with van der Waals surface area (Å²) in [6.45, 7) is 0.591. The summed E-state index contributed by atoms with van der Waals surface area (Å²) in [5, 5.41) is 2.97. The van der Waals surface area contributed by atoms with Crippen LogP contribution in [0.4, 0.5) is 18.9 Å². The lowest BCUT2D eigenvalue weighted by molar-refractivity contribution is -0.144. The Balaban J connectivity index is 1.66. The highest BCUT2D eigenvalue weighted by Crippen LogP contribution is 2.36. The smallest absolute Gasteiger partial charge is 0.412 e. The van der Waals surface area contributed by atoms with Crippen LogP contribution in [0.5, 0.6) is 0 Å². The predicted octanol–water partition coefficient (Wildman–Crippen LogP) is 5.42.